The van der Waals surface area contributed by atoms with Crippen molar-refractivity contribution in [1.29, 1.82) is 0 Å². The van der Waals surface area contributed by atoms with Crippen LogP contribution in [0.4, 0.5) is 0 Å². The van der Waals surface area contributed by atoms with Crippen molar-refractivity contribution < 1.29 is 44.1 Å². The Balaban J connectivity index is 3.07. The average Bonchev–Trinajstić information content (AvgIpc) is 3.24. The molecule has 0 fully saturated rings. The van der Waals surface area contributed by atoms with Gasteiger partial charge in [-0.15, -0.1) is 0 Å². The third-order valence-corrected chi connectivity index (χ3v) is 4.68. The number of carbonyl (C=O) groups is 6. The number of nitrogens with zero attached hydrogens (tertiary/aromatic N) is 1. The predicted octanol–water partition coefficient (Wildman–Crippen LogP) is -2.19. The van der Waals surface area contributed by atoms with Crippen molar-refractivity contribution in [2.75, 3.05) is 0 Å². The SMILES string of the molecule is CC(C)CC(N)C(=O)NC(Cc1cnc[nH]1)C(=O)NC(CC(=O)O)C(=O)NC(CC(=O)O)C(=O)O. The molecule has 9 N–H and O–H groups in total. The summed E-state index contributed by atoms with van der Waals surface area (Å²) >= 11 is 0. The molecule has 0 bridgehead atoms. The average molecular weight is 498 g/mol. The summed E-state index contributed by atoms with van der Waals surface area (Å²) in [6, 6.07) is -5.85. The monoisotopic (exact) mass is 498 g/mol. The first kappa shape index (κ1) is 29.0. The van der Waals surface area contributed by atoms with Crippen LogP contribution in [0.2, 0.25) is 0 Å². The number of carbonyl (C=O) groups excluding carboxylic acids is 3. The first-order chi connectivity index (χ1) is 16.3. The van der Waals surface area contributed by atoms with Crippen LogP contribution in [0.15, 0.2) is 12.5 Å². The molecule has 0 radical (unpaired) electrons. The van der Waals surface area contributed by atoms with Gasteiger partial charge in [0.25, 0.3) is 0 Å². The summed E-state index contributed by atoms with van der Waals surface area (Å²) in [7, 11) is 0. The molecule has 4 unspecified atom stereocenters. The Kier molecular flexibility index (Phi) is 11.3. The number of aliphatic carboxylic acids is 3. The number of imidazole rings is 1. The summed E-state index contributed by atoms with van der Waals surface area (Å²) in [5, 5.41) is 33.6. The molecule has 194 valence electrons. The van der Waals surface area contributed by atoms with E-state index in [1.54, 1.807) is 0 Å². The van der Waals surface area contributed by atoms with Crippen LogP contribution >= 0.6 is 0 Å². The Morgan fingerprint density at radius 3 is 1.89 bits per heavy atom. The number of nitrogens with one attached hydrogen (secondary N) is 4. The number of rotatable bonds is 15. The molecule has 0 aromatic carbocycles. The highest BCUT2D eigenvalue weighted by atomic mass is 16.4. The van der Waals surface area contributed by atoms with Crippen molar-refractivity contribution in [3.05, 3.63) is 18.2 Å². The van der Waals surface area contributed by atoms with Crippen molar-refractivity contribution >= 4 is 35.6 Å². The highest BCUT2D eigenvalue weighted by Crippen LogP contribution is 2.06. The van der Waals surface area contributed by atoms with Crippen LogP contribution in [0.3, 0.4) is 0 Å². The number of H-pyrrole nitrogens is 1. The van der Waals surface area contributed by atoms with Crippen LogP contribution in [-0.4, -0.2) is 85.1 Å². The third-order valence-electron chi connectivity index (χ3n) is 4.68. The van der Waals surface area contributed by atoms with Gasteiger partial charge in [0.05, 0.1) is 25.2 Å². The molecule has 0 aliphatic carbocycles. The van der Waals surface area contributed by atoms with Crippen LogP contribution < -0.4 is 21.7 Å². The van der Waals surface area contributed by atoms with Gasteiger partial charge in [-0.3, -0.25) is 24.0 Å². The van der Waals surface area contributed by atoms with Crippen LogP contribution in [-0.2, 0) is 35.2 Å². The summed E-state index contributed by atoms with van der Waals surface area (Å²) in [5.41, 5.74) is 6.31. The van der Waals surface area contributed by atoms with Crippen molar-refractivity contribution in [3.63, 3.8) is 0 Å². The molecule has 15 nitrogen and oxygen atoms in total. The lowest BCUT2D eigenvalue weighted by atomic mass is 10.0. The van der Waals surface area contributed by atoms with Gasteiger partial charge in [0.2, 0.25) is 17.7 Å². The fourth-order valence-electron chi connectivity index (χ4n) is 3.02. The second kappa shape index (κ2) is 13.6. The number of carboxylic acids is 3. The molecule has 1 rings (SSSR count). The Bertz CT molecular complexity index is 918. The molecule has 0 spiro atoms. The third kappa shape index (κ3) is 10.6. The van der Waals surface area contributed by atoms with Crippen molar-refractivity contribution in [3.8, 4) is 0 Å². The topological polar surface area (TPSA) is 254 Å². The maximum Gasteiger partial charge on any atom is 0.326 e. The molecule has 35 heavy (non-hydrogen) atoms. The highest BCUT2D eigenvalue weighted by molar-refractivity contribution is 5.96. The number of hydrogen-bond acceptors (Lipinski definition) is 8. The zero-order valence-electron chi connectivity index (χ0n) is 19.2. The summed E-state index contributed by atoms with van der Waals surface area (Å²) < 4.78 is 0. The number of nitrogens with two attached hydrogens (primary N) is 1. The van der Waals surface area contributed by atoms with Crippen molar-refractivity contribution in [1.82, 2.24) is 25.9 Å². The fourth-order valence-corrected chi connectivity index (χ4v) is 3.02. The van der Waals surface area contributed by atoms with Gasteiger partial charge in [0.15, 0.2) is 0 Å². The van der Waals surface area contributed by atoms with Crippen molar-refractivity contribution in [2.24, 2.45) is 11.7 Å². The maximum atomic E-state index is 13.0. The van der Waals surface area contributed by atoms with E-state index in [-0.39, 0.29) is 12.3 Å². The Hall–Kier alpha value is -4.01. The van der Waals surface area contributed by atoms with E-state index in [1.807, 2.05) is 19.2 Å². The zero-order chi connectivity index (χ0) is 26.7. The summed E-state index contributed by atoms with van der Waals surface area (Å²) in [6.45, 7) is 3.71. The summed E-state index contributed by atoms with van der Waals surface area (Å²) in [4.78, 5) is 77.9. The smallest absolute Gasteiger partial charge is 0.326 e. The Morgan fingerprint density at radius 1 is 0.886 bits per heavy atom. The Morgan fingerprint density at radius 2 is 1.40 bits per heavy atom. The van der Waals surface area contributed by atoms with Gasteiger partial charge >= 0.3 is 17.9 Å². The molecule has 3 amide bonds. The standard InChI is InChI=1S/C20H30N6O9/c1-9(2)3-11(21)17(31)24-12(4-10-7-22-8-23-10)18(32)25-13(5-15(27)28)19(33)26-14(20(34)35)6-16(29)30/h7-9,11-14H,3-6,21H2,1-2H3,(H,22,23)(H,24,31)(H,25,32)(H,26,33)(H,27,28)(H,29,30)(H,34,35). The van der Waals surface area contributed by atoms with Gasteiger partial charge in [-0.25, -0.2) is 9.78 Å². The number of hydrogen-bond donors (Lipinski definition) is 8. The molecule has 15 heteroatoms. The summed E-state index contributed by atoms with van der Waals surface area (Å²) in [5.74, 6) is -7.41. The summed E-state index contributed by atoms with van der Waals surface area (Å²) in [6.07, 6.45) is 1.05. The van der Waals surface area contributed by atoms with Crippen LogP contribution in [0, 0.1) is 5.92 Å². The second-order valence-corrected chi connectivity index (χ2v) is 8.23. The largest absolute Gasteiger partial charge is 0.481 e. The molecule has 0 saturated carbocycles. The first-order valence-corrected chi connectivity index (χ1v) is 10.6. The molecule has 0 saturated heterocycles. The normalized spacial score (nSPS) is 14.3. The van der Waals surface area contributed by atoms with Gasteiger partial charge in [-0.1, -0.05) is 13.8 Å². The van der Waals surface area contributed by atoms with E-state index in [9.17, 15) is 28.8 Å². The Labute approximate surface area is 199 Å². The van der Waals surface area contributed by atoms with E-state index < -0.39 is 72.6 Å². The van der Waals surface area contributed by atoms with Crippen LogP contribution in [0.25, 0.3) is 0 Å². The van der Waals surface area contributed by atoms with E-state index in [1.165, 1.54) is 12.5 Å². The molecule has 4 atom stereocenters. The number of carboxylic acid groups (broad SMARTS) is 3. The van der Waals surface area contributed by atoms with Crippen molar-refractivity contribution in [2.45, 2.75) is 63.7 Å². The molecular formula is C20H30N6O9. The molecule has 1 aromatic heterocycles. The molecule has 1 heterocycles. The van der Waals surface area contributed by atoms with Gasteiger partial charge in [-0.05, 0) is 12.3 Å². The first-order valence-electron chi connectivity index (χ1n) is 10.6. The van der Waals surface area contributed by atoms with E-state index in [2.05, 4.69) is 20.6 Å². The van der Waals surface area contributed by atoms with Crippen LogP contribution in [0.5, 0.6) is 0 Å². The van der Waals surface area contributed by atoms with E-state index in [0.717, 1.165) is 0 Å². The maximum absolute atomic E-state index is 13.0. The lowest BCUT2D eigenvalue weighted by molar-refractivity contribution is -0.148. The fraction of sp³-hybridized carbons (Fsp3) is 0.550. The highest BCUT2D eigenvalue weighted by Gasteiger charge is 2.32. The van der Waals surface area contributed by atoms with E-state index >= 15 is 0 Å². The number of amides is 3. The van der Waals surface area contributed by atoms with Crippen LogP contribution in [0.1, 0.15) is 38.8 Å². The minimum atomic E-state index is -1.86. The lowest BCUT2D eigenvalue weighted by Crippen LogP contribution is -2.58. The van der Waals surface area contributed by atoms with Gasteiger partial charge in [-0.2, -0.15) is 0 Å². The molecule has 1 aromatic rings. The molecule has 0 aliphatic rings. The van der Waals surface area contributed by atoms with E-state index in [4.69, 9.17) is 21.1 Å². The van der Waals surface area contributed by atoms with Gasteiger partial charge in [0.1, 0.15) is 18.1 Å². The quantitative estimate of drug-likeness (QED) is 0.129. The minimum Gasteiger partial charge on any atom is -0.481 e. The molecular weight excluding hydrogens is 468 g/mol. The van der Waals surface area contributed by atoms with Gasteiger partial charge < -0.3 is 42.0 Å². The zero-order valence-corrected chi connectivity index (χ0v) is 19.2. The predicted molar refractivity (Wildman–Crippen MR) is 118 cm³/mol. The second-order valence-electron chi connectivity index (χ2n) is 8.23. The number of aromatic nitrogens is 2. The van der Waals surface area contributed by atoms with E-state index in [0.29, 0.717) is 12.1 Å². The lowest BCUT2D eigenvalue weighted by Gasteiger charge is -2.24. The number of aromatic amines is 1. The minimum absolute atomic E-state index is 0.0901. The molecule has 0 aliphatic heterocycles. The van der Waals surface area contributed by atoms with Gasteiger partial charge in [0, 0.05) is 18.3 Å².